The van der Waals surface area contributed by atoms with Crippen LogP contribution in [0.5, 0.6) is 0 Å². The van der Waals surface area contributed by atoms with Crippen LogP contribution in [-0.4, -0.2) is 30.8 Å². The van der Waals surface area contributed by atoms with Gasteiger partial charge in [-0.15, -0.1) is 0 Å². The second-order valence-corrected chi connectivity index (χ2v) is 6.12. The summed E-state index contributed by atoms with van der Waals surface area (Å²) in [6, 6.07) is 10.5. The highest BCUT2D eigenvalue weighted by atomic mass is 15.3. The molecule has 3 N–H and O–H groups in total. The summed E-state index contributed by atoms with van der Waals surface area (Å²) in [7, 11) is 0. The van der Waals surface area contributed by atoms with Crippen LogP contribution in [0.2, 0.25) is 0 Å². The lowest BCUT2D eigenvalue weighted by Gasteiger charge is -2.31. The molecule has 0 unspecified atom stereocenters. The van der Waals surface area contributed by atoms with E-state index in [1.807, 2.05) is 18.2 Å². The zero-order chi connectivity index (χ0) is 16.4. The van der Waals surface area contributed by atoms with Gasteiger partial charge in [0.15, 0.2) is 0 Å². The minimum absolute atomic E-state index is 0.324. The van der Waals surface area contributed by atoms with Gasteiger partial charge in [0.25, 0.3) is 0 Å². The Kier molecular flexibility index (Phi) is 3.92. The van der Waals surface area contributed by atoms with Gasteiger partial charge >= 0.3 is 0 Å². The zero-order valence-electron chi connectivity index (χ0n) is 13.2. The van der Waals surface area contributed by atoms with Crippen LogP contribution in [0.25, 0.3) is 5.69 Å². The number of anilines is 1. The molecule has 2 heterocycles. The highest BCUT2D eigenvalue weighted by Crippen LogP contribution is 2.34. The molecule has 1 saturated carbocycles. The number of benzene rings is 1. The topological polar surface area (TPSA) is 94.5 Å². The largest absolute Gasteiger partial charge is 0.366 e. The Morgan fingerprint density at radius 2 is 1.96 bits per heavy atom. The lowest BCUT2D eigenvalue weighted by atomic mass is 9.79. The van der Waals surface area contributed by atoms with Gasteiger partial charge in [0, 0.05) is 30.3 Å². The zero-order valence-corrected chi connectivity index (χ0v) is 13.2. The summed E-state index contributed by atoms with van der Waals surface area (Å²) in [6.45, 7) is 0.707. The van der Waals surface area contributed by atoms with Crippen LogP contribution in [0, 0.1) is 0 Å². The number of rotatable bonds is 5. The molecule has 0 atom stereocenters. The number of nitrogens with two attached hydrogens (primary N) is 1. The molecular formula is C17H19N7. The first-order valence-electron chi connectivity index (χ1n) is 8.03. The van der Waals surface area contributed by atoms with Crippen molar-refractivity contribution in [3.63, 3.8) is 0 Å². The highest BCUT2D eigenvalue weighted by Gasteiger charge is 2.28. The Balaban J connectivity index is 1.39. The van der Waals surface area contributed by atoms with Crippen molar-refractivity contribution in [3.05, 3.63) is 60.6 Å². The fourth-order valence-electron chi connectivity index (χ4n) is 2.90. The molecule has 0 bridgehead atoms. The third-order valence-electron chi connectivity index (χ3n) is 4.37. The SMILES string of the molecule is NC1CC(c2cc(NCc3ccc(-n4cncn4)cc3)ncn2)C1. The molecule has 7 nitrogen and oxygen atoms in total. The smallest absolute Gasteiger partial charge is 0.138 e. The first kappa shape index (κ1) is 14.8. The molecule has 3 aromatic rings. The molecule has 0 radical (unpaired) electrons. The quantitative estimate of drug-likeness (QED) is 0.745. The average Bonchev–Trinajstić information content (AvgIpc) is 3.12. The van der Waals surface area contributed by atoms with Crippen molar-refractivity contribution >= 4 is 5.82 Å². The number of hydrogen-bond acceptors (Lipinski definition) is 6. The molecule has 122 valence electrons. The van der Waals surface area contributed by atoms with Crippen LogP contribution in [0.4, 0.5) is 5.82 Å². The fraction of sp³-hybridized carbons (Fsp3) is 0.294. The molecule has 0 aliphatic heterocycles. The summed E-state index contributed by atoms with van der Waals surface area (Å²) in [6.07, 6.45) is 6.86. The van der Waals surface area contributed by atoms with Crippen molar-refractivity contribution in [1.29, 1.82) is 0 Å². The van der Waals surface area contributed by atoms with Gasteiger partial charge in [-0.1, -0.05) is 12.1 Å². The summed E-state index contributed by atoms with van der Waals surface area (Å²) in [4.78, 5) is 12.6. The Morgan fingerprint density at radius 1 is 1.12 bits per heavy atom. The fourth-order valence-corrected chi connectivity index (χ4v) is 2.90. The van der Waals surface area contributed by atoms with Crippen molar-refractivity contribution in [2.45, 2.75) is 31.3 Å². The van der Waals surface area contributed by atoms with Gasteiger partial charge in [0.05, 0.1) is 5.69 Å². The van der Waals surface area contributed by atoms with E-state index in [2.05, 4.69) is 37.5 Å². The van der Waals surface area contributed by atoms with Crippen molar-refractivity contribution in [3.8, 4) is 5.69 Å². The van der Waals surface area contributed by atoms with E-state index in [1.165, 1.54) is 11.9 Å². The molecular weight excluding hydrogens is 302 g/mol. The maximum Gasteiger partial charge on any atom is 0.138 e. The van der Waals surface area contributed by atoms with Gasteiger partial charge in [-0.05, 0) is 30.5 Å². The predicted octanol–water partition coefficient (Wildman–Crippen LogP) is 1.87. The minimum Gasteiger partial charge on any atom is -0.366 e. The Labute approximate surface area is 140 Å². The maximum absolute atomic E-state index is 5.86. The van der Waals surface area contributed by atoms with Crippen LogP contribution < -0.4 is 11.1 Å². The van der Waals surface area contributed by atoms with Crippen LogP contribution >= 0.6 is 0 Å². The van der Waals surface area contributed by atoms with Crippen molar-refractivity contribution in [1.82, 2.24) is 24.7 Å². The maximum atomic E-state index is 5.86. The Hall–Kier alpha value is -2.80. The van der Waals surface area contributed by atoms with Crippen molar-refractivity contribution in [2.24, 2.45) is 5.73 Å². The number of aromatic nitrogens is 5. The van der Waals surface area contributed by atoms with Gasteiger partial charge < -0.3 is 11.1 Å². The molecule has 0 amide bonds. The second kappa shape index (κ2) is 6.37. The molecule has 7 heteroatoms. The first-order valence-corrected chi connectivity index (χ1v) is 8.03. The molecule has 1 aliphatic rings. The Bertz CT molecular complexity index is 792. The first-order chi connectivity index (χ1) is 11.8. The molecule has 24 heavy (non-hydrogen) atoms. The van der Waals surface area contributed by atoms with E-state index in [4.69, 9.17) is 5.73 Å². The van der Waals surface area contributed by atoms with Crippen LogP contribution in [0.3, 0.4) is 0 Å². The van der Waals surface area contributed by atoms with Crippen LogP contribution in [-0.2, 0) is 6.54 Å². The molecule has 2 aromatic heterocycles. The minimum atomic E-state index is 0.324. The van der Waals surface area contributed by atoms with Crippen molar-refractivity contribution in [2.75, 3.05) is 5.32 Å². The number of nitrogens with zero attached hydrogens (tertiary/aromatic N) is 5. The number of hydrogen-bond donors (Lipinski definition) is 2. The third-order valence-corrected chi connectivity index (χ3v) is 4.37. The monoisotopic (exact) mass is 321 g/mol. The van der Waals surface area contributed by atoms with Gasteiger partial charge in [-0.25, -0.2) is 19.6 Å². The van der Waals surface area contributed by atoms with Gasteiger partial charge in [0.2, 0.25) is 0 Å². The van der Waals surface area contributed by atoms with Crippen LogP contribution in [0.15, 0.2) is 49.3 Å². The van der Waals surface area contributed by atoms with E-state index >= 15 is 0 Å². The highest BCUT2D eigenvalue weighted by molar-refractivity contribution is 5.39. The van der Waals surface area contributed by atoms with E-state index in [0.29, 0.717) is 18.5 Å². The molecule has 1 aliphatic carbocycles. The van der Waals surface area contributed by atoms with Gasteiger partial charge in [-0.2, -0.15) is 5.10 Å². The lowest BCUT2D eigenvalue weighted by Crippen LogP contribution is -2.35. The van der Waals surface area contributed by atoms with E-state index in [-0.39, 0.29) is 0 Å². The van der Waals surface area contributed by atoms with Gasteiger partial charge in [0.1, 0.15) is 24.8 Å². The number of nitrogens with one attached hydrogen (secondary N) is 1. The summed E-state index contributed by atoms with van der Waals surface area (Å²) >= 11 is 0. The van der Waals surface area contributed by atoms with Crippen molar-refractivity contribution < 1.29 is 0 Å². The molecule has 1 aromatic carbocycles. The molecule has 0 spiro atoms. The normalized spacial score (nSPS) is 19.7. The Morgan fingerprint density at radius 3 is 2.67 bits per heavy atom. The predicted molar refractivity (Wildman–Crippen MR) is 90.7 cm³/mol. The van der Waals surface area contributed by atoms with Crippen LogP contribution in [0.1, 0.15) is 30.0 Å². The third kappa shape index (κ3) is 3.11. The van der Waals surface area contributed by atoms with E-state index in [0.717, 1.165) is 30.0 Å². The van der Waals surface area contributed by atoms with E-state index in [9.17, 15) is 0 Å². The van der Waals surface area contributed by atoms with E-state index in [1.54, 1.807) is 17.3 Å². The molecule has 4 rings (SSSR count). The molecule has 1 fully saturated rings. The summed E-state index contributed by atoms with van der Waals surface area (Å²) in [5.41, 5.74) is 9.10. The lowest BCUT2D eigenvalue weighted by molar-refractivity contribution is 0.345. The second-order valence-electron chi connectivity index (χ2n) is 6.12. The van der Waals surface area contributed by atoms with E-state index < -0.39 is 0 Å². The molecule has 0 saturated heterocycles. The summed E-state index contributed by atoms with van der Waals surface area (Å²) < 4.78 is 1.73. The standard InChI is InChI=1S/C17H19N7/c18-14-5-13(6-14)16-7-17(22-10-21-16)20-8-12-1-3-15(4-2-12)24-11-19-9-23-24/h1-4,7,9-11,13-14H,5-6,8,18H2,(H,20,21,22). The summed E-state index contributed by atoms with van der Waals surface area (Å²) in [5, 5.41) is 7.47. The average molecular weight is 321 g/mol. The summed E-state index contributed by atoms with van der Waals surface area (Å²) in [5.74, 6) is 1.33. The van der Waals surface area contributed by atoms with Gasteiger partial charge in [-0.3, -0.25) is 0 Å².